The number of unbranched alkanes of at least 4 members (excludes halogenated alkanes) is 1. The van der Waals surface area contributed by atoms with E-state index in [9.17, 15) is 4.79 Å². The SMILES string of the molecule is NC1CCCC(C(=O)NCCCCNc2ccccn2)C1. The Bertz CT molecular complexity index is 424. The van der Waals surface area contributed by atoms with Gasteiger partial charge in [0.2, 0.25) is 5.91 Å². The third kappa shape index (κ3) is 5.71. The van der Waals surface area contributed by atoms with Crippen LogP contribution < -0.4 is 16.4 Å². The Morgan fingerprint density at radius 2 is 2.14 bits per heavy atom. The third-order valence-corrected chi connectivity index (χ3v) is 3.96. The van der Waals surface area contributed by atoms with Crippen molar-refractivity contribution in [3.05, 3.63) is 24.4 Å². The van der Waals surface area contributed by atoms with Crippen LogP contribution in [0.2, 0.25) is 0 Å². The normalized spacial score (nSPS) is 21.8. The standard InChI is InChI=1S/C16H26N4O/c17-14-7-5-6-13(12-14)16(21)20-11-4-3-10-19-15-8-1-2-9-18-15/h1-2,8-9,13-14H,3-7,10-12,17H2,(H,18,19)(H,20,21). The minimum Gasteiger partial charge on any atom is -0.370 e. The number of amides is 1. The Morgan fingerprint density at radius 3 is 2.90 bits per heavy atom. The fourth-order valence-electron chi connectivity index (χ4n) is 2.76. The van der Waals surface area contributed by atoms with Crippen molar-refractivity contribution in [1.82, 2.24) is 10.3 Å². The second-order valence-corrected chi connectivity index (χ2v) is 5.76. The molecular formula is C16H26N4O. The molecule has 1 saturated carbocycles. The molecule has 2 rings (SSSR count). The number of aromatic nitrogens is 1. The quantitative estimate of drug-likeness (QED) is 0.670. The molecule has 0 aromatic carbocycles. The average molecular weight is 290 g/mol. The van der Waals surface area contributed by atoms with Crippen LogP contribution in [0.1, 0.15) is 38.5 Å². The van der Waals surface area contributed by atoms with Crippen LogP contribution in [0.25, 0.3) is 0 Å². The van der Waals surface area contributed by atoms with E-state index >= 15 is 0 Å². The van der Waals surface area contributed by atoms with Crippen LogP contribution >= 0.6 is 0 Å². The molecule has 1 fully saturated rings. The van der Waals surface area contributed by atoms with Crippen LogP contribution in [0.15, 0.2) is 24.4 Å². The van der Waals surface area contributed by atoms with Gasteiger partial charge in [-0.25, -0.2) is 4.98 Å². The summed E-state index contributed by atoms with van der Waals surface area (Å²) in [5.74, 6) is 1.21. The maximum atomic E-state index is 12.0. The van der Waals surface area contributed by atoms with Crippen LogP contribution in [0.3, 0.4) is 0 Å². The highest BCUT2D eigenvalue weighted by Crippen LogP contribution is 2.22. The zero-order chi connectivity index (χ0) is 14.9. The number of hydrogen-bond donors (Lipinski definition) is 3. The summed E-state index contributed by atoms with van der Waals surface area (Å²) in [7, 11) is 0. The molecule has 21 heavy (non-hydrogen) atoms. The van der Waals surface area contributed by atoms with E-state index in [1.807, 2.05) is 18.2 Å². The van der Waals surface area contributed by atoms with E-state index in [2.05, 4.69) is 15.6 Å². The van der Waals surface area contributed by atoms with Gasteiger partial charge in [0.25, 0.3) is 0 Å². The molecule has 0 aliphatic heterocycles. The smallest absolute Gasteiger partial charge is 0.223 e. The number of nitrogens with one attached hydrogen (secondary N) is 2. The number of rotatable bonds is 7. The minimum atomic E-state index is 0.125. The van der Waals surface area contributed by atoms with E-state index in [1.54, 1.807) is 6.20 Å². The summed E-state index contributed by atoms with van der Waals surface area (Å²) in [6.45, 7) is 1.62. The molecule has 1 aliphatic rings. The first-order valence-corrected chi connectivity index (χ1v) is 7.94. The van der Waals surface area contributed by atoms with Gasteiger partial charge in [-0.3, -0.25) is 4.79 Å². The molecule has 0 saturated heterocycles. The zero-order valence-corrected chi connectivity index (χ0v) is 12.6. The molecule has 0 bridgehead atoms. The first kappa shape index (κ1) is 15.8. The van der Waals surface area contributed by atoms with Gasteiger partial charge in [-0.2, -0.15) is 0 Å². The second-order valence-electron chi connectivity index (χ2n) is 5.76. The van der Waals surface area contributed by atoms with Crippen molar-refractivity contribution in [2.75, 3.05) is 18.4 Å². The van der Waals surface area contributed by atoms with Gasteiger partial charge in [0.1, 0.15) is 5.82 Å². The molecule has 4 N–H and O–H groups in total. The summed E-state index contributed by atoms with van der Waals surface area (Å²) in [4.78, 5) is 16.2. The van der Waals surface area contributed by atoms with Crippen molar-refractivity contribution in [1.29, 1.82) is 0 Å². The van der Waals surface area contributed by atoms with E-state index in [1.165, 1.54) is 0 Å². The Kier molecular flexibility index (Phi) is 6.47. The highest BCUT2D eigenvalue weighted by molar-refractivity contribution is 5.78. The highest BCUT2D eigenvalue weighted by Gasteiger charge is 2.24. The largest absolute Gasteiger partial charge is 0.370 e. The van der Waals surface area contributed by atoms with Crippen molar-refractivity contribution >= 4 is 11.7 Å². The molecule has 1 aliphatic carbocycles. The van der Waals surface area contributed by atoms with Crippen molar-refractivity contribution in [3.8, 4) is 0 Å². The number of anilines is 1. The Morgan fingerprint density at radius 1 is 1.29 bits per heavy atom. The lowest BCUT2D eigenvalue weighted by atomic mass is 9.85. The maximum absolute atomic E-state index is 12.0. The van der Waals surface area contributed by atoms with E-state index in [0.717, 1.165) is 57.4 Å². The predicted octanol–water partition coefficient (Wildman–Crippen LogP) is 1.91. The van der Waals surface area contributed by atoms with Crippen LogP contribution in [-0.2, 0) is 4.79 Å². The monoisotopic (exact) mass is 290 g/mol. The van der Waals surface area contributed by atoms with Gasteiger partial charge in [-0.05, 0) is 44.2 Å². The van der Waals surface area contributed by atoms with Crippen molar-refractivity contribution in [2.45, 2.75) is 44.6 Å². The molecule has 2 atom stereocenters. The molecule has 1 heterocycles. The molecular weight excluding hydrogens is 264 g/mol. The van der Waals surface area contributed by atoms with Crippen LogP contribution in [-0.4, -0.2) is 30.0 Å². The molecule has 2 unspecified atom stereocenters. The van der Waals surface area contributed by atoms with Gasteiger partial charge in [-0.15, -0.1) is 0 Å². The highest BCUT2D eigenvalue weighted by atomic mass is 16.1. The van der Waals surface area contributed by atoms with Gasteiger partial charge in [0.05, 0.1) is 0 Å². The number of carbonyl (C=O) groups is 1. The van der Waals surface area contributed by atoms with Gasteiger partial charge in [0, 0.05) is 31.2 Å². The molecule has 0 spiro atoms. The molecule has 1 aromatic rings. The number of hydrogen-bond acceptors (Lipinski definition) is 4. The van der Waals surface area contributed by atoms with Crippen LogP contribution in [0.5, 0.6) is 0 Å². The van der Waals surface area contributed by atoms with Gasteiger partial charge in [0.15, 0.2) is 0 Å². The van der Waals surface area contributed by atoms with Gasteiger partial charge < -0.3 is 16.4 Å². The molecule has 116 valence electrons. The molecule has 1 amide bonds. The number of nitrogens with two attached hydrogens (primary N) is 1. The number of nitrogens with zero attached hydrogens (tertiary/aromatic N) is 1. The van der Waals surface area contributed by atoms with E-state index in [0.29, 0.717) is 0 Å². The van der Waals surface area contributed by atoms with Gasteiger partial charge >= 0.3 is 0 Å². The lowest BCUT2D eigenvalue weighted by Gasteiger charge is -2.25. The fourth-order valence-corrected chi connectivity index (χ4v) is 2.76. The summed E-state index contributed by atoms with van der Waals surface area (Å²) < 4.78 is 0. The topological polar surface area (TPSA) is 80.0 Å². The lowest BCUT2D eigenvalue weighted by Crippen LogP contribution is -2.38. The van der Waals surface area contributed by atoms with Crippen LogP contribution in [0.4, 0.5) is 5.82 Å². The summed E-state index contributed by atoms with van der Waals surface area (Å²) in [5.41, 5.74) is 5.92. The number of carbonyl (C=O) groups excluding carboxylic acids is 1. The molecule has 0 radical (unpaired) electrons. The maximum Gasteiger partial charge on any atom is 0.223 e. The second kappa shape index (κ2) is 8.62. The summed E-state index contributed by atoms with van der Waals surface area (Å²) in [6.07, 6.45) is 7.73. The minimum absolute atomic E-state index is 0.125. The Hall–Kier alpha value is -1.62. The first-order chi connectivity index (χ1) is 10.3. The average Bonchev–Trinajstić information content (AvgIpc) is 2.51. The molecule has 1 aromatic heterocycles. The Balaban J connectivity index is 1.52. The van der Waals surface area contributed by atoms with Crippen molar-refractivity contribution in [2.24, 2.45) is 11.7 Å². The summed E-state index contributed by atoms with van der Waals surface area (Å²) in [6, 6.07) is 6.02. The van der Waals surface area contributed by atoms with E-state index in [-0.39, 0.29) is 17.9 Å². The van der Waals surface area contributed by atoms with Crippen molar-refractivity contribution < 1.29 is 4.79 Å². The first-order valence-electron chi connectivity index (χ1n) is 7.94. The summed E-state index contributed by atoms with van der Waals surface area (Å²) >= 11 is 0. The third-order valence-electron chi connectivity index (χ3n) is 3.96. The van der Waals surface area contributed by atoms with Crippen molar-refractivity contribution in [3.63, 3.8) is 0 Å². The zero-order valence-electron chi connectivity index (χ0n) is 12.6. The van der Waals surface area contributed by atoms with E-state index in [4.69, 9.17) is 5.73 Å². The summed E-state index contributed by atoms with van der Waals surface area (Å²) in [5, 5.41) is 6.30. The Labute approximate surface area is 126 Å². The van der Waals surface area contributed by atoms with Crippen LogP contribution in [0, 0.1) is 5.92 Å². The lowest BCUT2D eigenvalue weighted by molar-refractivity contribution is -0.126. The van der Waals surface area contributed by atoms with Gasteiger partial charge in [-0.1, -0.05) is 12.5 Å². The van der Waals surface area contributed by atoms with E-state index < -0.39 is 0 Å². The molecule has 5 nitrogen and oxygen atoms in total. The molecule has 5 heteroatoms. The predicted molar refractivity (Wildman–Crippen MR) is 84.9 cm³/mol. The fraction of sp³-hybridized carbons (Fsp3) is 0.625. The number of pyridine rings is 1.